The van der Waals surface area contributed by atoms with Crippen molar-refractivity contribution in [1.29, 1.82) is 0 Å². The average Bonchev–Trinajstić information content (AvgIpc) is 2.86. The molecule has 0 aliphatic carbocycles. The second kappa shape index (κ2) is 10.8. The van der Waals surface area contributed by atoms with Crippen LogP contribution in [0.2, 0.25) is 0 Å². The van der Waals surface area contributed by atoms with Crippen LogP contribution in [-0.2, 0) is 0 Å². The van der Waals surface area contributed by atoms with E-state index in [2.05, 4.69) is 25.6 Å². The highest BCUT2D eigenvalue weighted by molar-refractivity contribution is 6.07. The zero-order valence-electron chi connectivity index (χ0n) is 19.5. The number of amides is 2. The second-order valence-corrected chi connectivity index (χ2v) is 8.07. The number of nitrogens with zero attached hydrogens (tertiary/aromatic N) is 4. The molecule has 11 nitrogen and oxygen atoms in total. The van der Waals surface area contributed by atoms with E-state index in [0.717, 1.165) is 5.69 Å². The van der Waals surface area contributed by atoms with Gasteiger partial charge >= 0.3 is 0 Å². The van der Waals surface area contributed by atoms with E-state index < -0.39 is 5.91 Å². The third kappa shape index (κ3) is 5.46. The number of pyridine rings is 1. The highest BCUT2D eigenvalue weighted by atomic mass is 16.5. The third-order valence-electron chi connectivity index (χ3n) is 5.56. The molecule has 1 aliphatic heterocycles. The Labute approximate surface area is 202 Å². The molecular weight excluding hydrogens is 448 g/mol. The summed E-state index contributed by atoms with van der Waals surface area (Å²) in [6, 6.07) is 6.94. The number of hydrogen-bond acceptors (Lipinski definition) is 9. The van der Waals surface area contributed by atoms with E-state index in [1.807, 2.05) is 11.9 Å². The summed E-state index contributed by atoms with van der Waals surface area (Å²) >= 11 is 0. The maximum Gasteiger partial charge on any atom is 0.278 e. The van der Waals surface area contributed by atoms with Crippen LogP contribution in [0.25, 0.3) is 11.3 Å². The Balaban J connectivity index is 1.77. The minimum Gasteiger partial charge on any atom is -0.493 e. The lowest BCUT2D eigenvalue weighted by molar-refractivity contribution is 0.0948. The second-order valence-electron chi connectivity index (χ2n) is 8.07. The fourth-order valence-electron chi connectivity index (χ4n) is 3.69. The number of carbonyl (C=O) groups is 2. The van der Waals surface area contributed by atoms with Gasteiger partial charge in [0, 0.05) is 31.9 Å². The summed E-state index contributed by atoms with van der Waals surface area (Å²) in [5.74, 6) is -0.340. The molecular formula is C24H28N8O3. The minimum atomic E-state index is -0.508. The van der Waals surface area contributed by atoms with Gasteiger partial charge in [0.05, 0.1) is 41.6 Å². The Morgan fingerprint density at radius 3 is 2.86 bits per heavy atom. The number of rotatable bonds is 4. The first kappa shape index (κ1) is 23.9. The van der Waals surface area contributed by atoms with Crippen molar-refractivity contribution in [1.82, 2.24) is 20.3 Å². The van der Waals surface area contributed by atoms with Crippen LogP contribution in [0.5, 0.6) is 5.75 Å². The summed E-state index contributed by atoms with van der Waals surface area (Å²) < 4.78 is 5.81. The first-order chi connectivity index (χ1) is 17.0. The first-order valence-electron chi connectivity index (χ1n) is 11.3. The van der Waals surface area contributed by atoms with Gasteiger partial charge in [0.25, 0.3) is 11.8 Å². The predicted molar refractivity (Wildman–Crippen MR) is 133 cm³/mol. The van der Waals surface area contributed by atoms with Gasteiger partial charge in [0.15, 0.2) is 11.5 Å². The zero-order chi connectivity index (χ0) is 24.8. The number of hydrogen-bond donors (Lipinski definition) is 4. The van der Waals surface area contributed by atoms with Gasteiger partial charge in [-0.15, -0.1) is 0 Å². The Bertz CT molecular complexity index is 1230. The fraction of sp³-hybridized carbons (Fsp3) is 0.292. The van der Waals surface area contributed by atoms with E-state index in [-0.39, 0.29) is 17.4 Å². The number of benzene rings is 1. The zero-order valence-corrected chi connectivity index (χ0v) is 19.5. The maximum absolute atomic E-state index is 13.1. The Kier molecular flexibility index (Phi) is 7.36. The first-order valence-corrected chi connectivity index (χ1v) is 11.3. The Hall–Kier alpha value is -4.25. The molecule has 182 valence electrons. The molecule has 6 N–H and O–H groups in total. The smallest absolute Gasteiger partial charge is 0.278 e. The molecule has 1 aliphatic rings. The van der Waals surface area contributed by atoms with Crippen LogP contribution >= 0.6 is 0 Å². The van der Waals surface area contributed by atoms with E-state index in [9.17, 15) is 9.59 Å². The van der Waals surface area contributed by atoms with Crippen molar-refractivity contribution in [3.05, 3.63) is 54.1 Å². The van der Waals surface area contributed by atoms with Crippen LogP contribution in [0.15, 0.2) is 42.9 Å². The van der Waals surface area contributed by atoms with Crippen molar-refractivity contribution in [2.45, 2.75) is 12.8 Å². The molecule has 2 amide bonds. The van der Waals surface area contributed by atoms with Gasteiger partial charge in [0.2, 0.25) is 0 Å². The largest absolute Gasteiger partial charge is 0.493 e. The third-order valence-corrected chi connectivity index (χ3v) is 5.56. The lowest BCUT2D eigenvalue weighted by atomic mass is 10.1. The van der Waals surface area contributed by atoms with Crippen molar-refractivity contribution >= 4 is 29.0 Å². The van der Waals surface area contributed by atoms with Crippen LogP contribution in [-0.4, -0.2) is 60.1 Å². The van der Waals surface area contributed by atoms with Gasteiger partial charge < -0.3 is 31.7 Å². The molecule has 0 radical (unpaired) electrons. The number of anilines is 3. The summed E-state index contributed by atoms with van der Waals surface area (Å²) in [6.45, 7) is 1.96. The van der Waals surface area contributed by atoms with Crippen molar-refractivity contribution in [2.75, 3.05) is 49.2 Å². The quantitative estimate of drug-likeness (QED) is 0.410. The van der Waals surface area contributed by atoms with Gasteiger partial charge in [-0.2, -0.15) is 0 Å². The van der Waals surface area contributed by atoms with Crippen LogP contribution in [0.1, 0.15) is 33.7 Å². The summed E-state index contributed by atoms with van der Waals surface area (Å²) in [5, 5.41) is 5.81. The molecule has 0 unspecified atom stereocenters. The maximum atomic E-state index is 13.1. The van der Waals surface area contributed by atoms with Gasteiger partial charge in [-0.25, -0.2) is 9.97 Å². The van der Waals surface area contributed by atoms with Crippen molar-refractivity contribution in [3.8, 4) is 17.0 Å². The molecule has 0 spiro atoms. The summed E-state index contributed by atoms with van der Waals surface area (Å²) in [4.78, 5) is 40.9. The standard InChI is InChI=1S/C24H28N8O3/c1-32-10-3-8-28-23(33)16-12-15(4-5-20(16)35-11-2-7-25)17-14-29-22(26)21(30-17)24(34)31-18-13-27-9-6-19(18)32/h4-6,9,12-14H,2-3,7-8,10-11,25H2,1H3,(H2,26,29)(H,28,33)(H,31,34). The van der Waals surface area contributed by atoms with E-state index in [0.29, 0.717) is 67.3 Å². The van der Waals surface area contributed by atoms with E-state index in [1.165, 1.54) is 6.20 Å². The van der Waals surface area contributed by atoms with E-state index >= 15 is 0 Å². The van der Waals surface area contributed by atoms with Crippen molar-refractivity contribution < 1.29 is 14.3 Å². The molecule has 4 rings (SSSR count). The molecule has 0 fully saturated rings. The normalized spacial score (nSPS) is 14.1. The van der Waals surface area contributed by atoms with Gasteiger partial charge in [0.1, 0.15) is 5.75 Å². The van der Waals surface area contributed by atoms with Gasteiger partial charge in [-0.3, -0.25) is 14.6 Å². The monoisotopic (exact) mass is 476 g/mol. The molecule has 1 aromatic carbocycles. The highest BCUT2D eigenvalue weighted by Gasteiger charge is 2.20. The number of nitrogens with two attached hydrogens (primary N) is 2. The lowest BCUT2D eigenvalue weighted by Crippen LogP contribution is -2.29. The molecule has 3 heterocycles. The average molecular weight is 477 g/mol. The molecule has 4 bridgehead atoms. The summed E-state index contributed by atoms with van der Waals surface area (Å²) in [6.07, 6.45) is 6.02. The number of fused-ring (bicyclic) bond motifs is 6. The predicted octanol–water partition coefficient (Wildman–Crippen LogP) is 1.67. The highest BCUT2D eigenvalue weighted by Crippen LogP contribution is 2.28. The molecule has 3 aromatic rings. The minimum absolute atomic E-state index is 0.00846. The van der Waals surface area contributed by atoms with E-state index in [1.54, 1.807) is 36.7 Å². The Morgan fingerprint density at radius 1 is 1.17 bits per heavy atom. The van der Waals surface area contributed by atoms with Crippen LogP contribution in [0, 0.1) is 0 Å². The van der Waals surface area contributed by atoms with Crippen molar-refractivity contribution in [2.24, 2.45) is 5.73 Å². The fourth-order valence-corrected chi connectivity index (χ4v) is 3.69. The van der Waals surface area contributed by atoms with Gasteiger partial charge in [-0.05, 0) is 43.7 Å². The molecule has 0 atom stereocenters. The topological polar surface area (TPSA) is 161 Å². The summed E-state index contributed by atoms with van der Waals surface area (Å²) in [7, 11) is 1.90. The van der Waals surface area contributed by atoms with Crippen LogP contribution in [0.3, 0.4) is 0 Å². The lowest BCUT2D eigenvalue weighted by Gasteiger charge is -2.22. The molecule has 2 aromatic heterocycles. The van der Waals surface area contributed by atoms with E-state index in [4.69, 9.17) is 16.2 Å². The SMILES string of the molecule is CN1CCCNC(=O)c2cc(ccc2OCCCN)-c2cnc(N)c(n2)C(=O)Nc2cnccc21. The number of ether oxygens (including phenoxy) is 1. The molecule has 35 heavy (non-hydrogen) atoms. The molecule has 11 heteroatoms. The van der Waals surface area contributed by atoms with Gasteiger partial charge in [-0.1, -0.05) is 0 Å². The van der Waals surface area contributed by atoms with Crippen LogP contribution < -0.4 is 31.7 Å². The Morgan fingerprint density at radius 2 is 2.03 bits per heavy atom. The van der Waals surface area contributed by atoms with Crippen molar-refractivity contribution in [3.63, 3.8) is 0 Å². The number of carbonyl (C=O) groups excluding carboxylic acids is 2. The summed E-state index contributed by atoms with van der Waals surface area (Å²) in [5.41, 5.74) is 14.2. The van der Waals surface area contributed by atoms with Crippen LogP contribution in [0.4, 0.5) is 17.2 Å². The number of aromatic nitrogens is 3. The molecule has 0 saturated carbocycles. The number of nitrogens with one attached hydrogen (secondary N) is 2. The molecule has 0 saturated heterocycles. The number of nitrogen functional groups attached to an aromatic ring is 1.